The Balaban J connectivity index is 3.50. The molecular formula is C9H5ClFNO. The summed E-state index contributed by atoms with van der Waals surface area (Å²) in [4.78, 5) is 11.0. The van der Waals surface area contributed by atoms with E-state index in [0.29, 0.717) is 0 Å². The van der Waals surface area contributed by atoms with Gasteiger partial charge in [0, 0.05) is 5.56 Å². The number of hydrogen-bond acceptors (Lipinski definition) is 2. The van der Waals surface area contributed by atoms with Crippen LogP contribution in [0.25, 0.3) is 0 Å². The van der Waals surface area contributed by atoms with Crippen molar-refractivity contribution >= 4 is 17.4 Å². The van der Waals surface area contributed by atoms with Crippen LogP contribution in [0, 0.1) is 17.1 Å². The van der Waals surface area contributed by atoms with Gasteiger partial charge in [0.25, 0.3) is 0 Å². The minimum Gasteiger partial charge on any atom is -0.294 e. The highest BCUT2D eigenvalue weighted by Crippen LogP contribution is 2.21. The summed E-state index contributed by atoms with van der Waals surface area (Å²) in [5.74, 6) is -0.993. The Labute approximate surface area is 79.5 Å². The van der Waals surface area contributed by atoms with Crippen LogP contribution in [0.2, 0.25) is 5.02 Å². The third kappa shape index (κ3) is 1.85. The lowest BCUT2D eigenvalue weighted by Crippen LogP contribution is -1.98. The molecule has 0 aliphatic heterocycles. The molecule has 0 fully saturated rings. The molecule has 1 aromatic carbocycles. The molecule has 1 aromatic rings. The number of ketones is 1. The smallest absolute Gasteiger partial charge is 0.161 e. The lowest BCUT2D eigenvalue weighted by Gasteiger charge is -2.01. The number of nitrogens with zero attached hydrogens (tertiary/aromatic N) is 1. The molecule has 0 heterocycles. The number of Topliss-reactive ketones (excluding diaryl/α,β-unsaturated/α-hetero) is 1. The van der Waals surface area contributed by atoms with E-state index in [1.165, 1.54) is 6.92 Å². The lowest BCUT2D eigenvalue weighted by atomic mass is 10.1. The van der Waals surface area contributed by atoms with Crippen LogP contribution in [0.5, 0.6) is 0 Å². The van der Waals surface area contributed by atoms with E-state index >= 15 is 0 Å². The summed E-state index contributed by atoms with van der Waals surface area (Å²) < 4.78 is 12.8. The van der Waals surface area contributed by atoms with Crippen LogP contribution in [0.3, 0.4) is 0 Å². The molecule has 0 aliphatic rings. The minimum atomic E-state index is -0.616. The van der Waals surface area contributed by atoms with Gasteiger partial charge in [-0.05, 0) is 19.1 Å². The van der Waals surface area contributed by atoms with E-state index in [0.717, 1.165) is 12.1 Å². The van der Waals surface area contributed by atoms with Crippen molar-refractivity contribution in [3.8, 4) is 6.07 Å². The van der Waals surface area contributed by atoms with Crippen molar-refractivity contribution in [2.45, 2.75) is 6.92 Å². The van der Waals surface area contributed by atoms with E-state index in [2.05, 4.69) is 0 Å². The average molecular weight is 198 g/mol. The predicted molar refractivity (Wildman–Crippen MR) is 46.1 cm³/mol. The summed E-state index contributed by atoms with van der Waals surface area (Å²) in [6.45, 7) is 1.26. The van der Waals surface area contributed by atoms with Crippen molar-refractivity contribution in [2.75, 3.05) is 0 Å². The first kappa shape index (κ1) is 9.69. The van der Waals surface area contributed by atoms with Crippen molar-refractivity contribution in [1.82, 2.24) is 0 Å². The number of rotatable bonds is 1. The Morgan fingerprint density at radius 2 is 2.23 bits per heavy atom. The Morgan fingerprint density at radius 1 is 1.62 bits per heavy atom. The molecule has 0 bridgehead atoms. The first-order chi connectivity index (χ1) is 6.06. The quantitative estimate of drug-likeness (QED) is 0.650. The fourth-order valence-electron chi connectivity index (χ4n) is 0.965. The summed E-state index contributed by atoms with van der Waals surface area (Å²) in [6, 6.07) is 3.77. The second-order valence-electron chi connectivity index (χ2n) is 2.48. The third-order valence-corrected chi connectivity index (χ3v) is 1.84. The number of halogens is 2. The fourth-order valence-corrected chi connectivity index (χ4v) is 1.21. The summed E-state index contributed by atoms with van der Waals surface area (Å²) >= 11 is 5.56. The number of benzene rings is 1. The molecule has 0 amide bonds. The molecule has 1 rings (SSSR count). The average Bonchev–Trinajstić information content (AvgIpc) is 2.02. The number of nitriles is 1. The van der Waals surface area contributed by atoms with Gasteiger partial charge in [-0.15, -0.1) is 0 Å². The van der Waals surface area contributed by atoms with Crippen molar-refractivity contribution in [3.05, 3.63) is 34.1 Å². The van der Waals surface area contributed by atoms with Gasteiger partial charge in [-0.25, -0.2) is 4.39 Å². The molecule has 13 heavy (non-hydrogen) atoms. The molecule has 0 saturated carbocycles. The van der Waals surface area contributed by atoms with Crippen molar-refractivity contribution in [1.29, 1.82) is 5.26 Å². The molecule has 0 radical (unpaired) electrons. The molecular weight excluding hydrogens is 193 g/mol. The van der Waals surface area contributed by atoms with Gasteiger partial charge in [0.05, 0.1) is 10.6 Å². The van der Waals surface area contributed by atoms with Crippen LogP contribution in [-0.4, -0.2) is 5.78 Å². The SMILES string of the molecule is CC(=O)c1cc(F)cc(Cl)c1C#N. The highest BCUT2D eigenvalue weighted by Gasteiger charge is 2.12. The van der Waals surface area contributed by atoms with Gasteiger partial charge in [0.15, 0.2) is 5.78 Å². The maximum absolute atomic E-state index is 12.8. The first-order valence-electron chi connectivity index (χ1n) is 3.46. The zero-order chi connectivity index (χ0) is 10.0. The second kappa shape index (κ2) is 3.55. The Hall–Kier alpha value is -1.40. The normalized spacial score (nSPS) is 9.38. The van der Waals surface area contributed by atoms with Crippen LogP contribution >= 0.6 is 11.6 Å². The predicted octanol–water partition coefficient (Wildman–Crippen LogP) is 2.55. The van der Waals surface area contributed by atoms with Crippen LogP contribution in [0.4, 0.5) is 4.39 Å². The molecule has 0 saturated heterocycles. The number of hydrogen-bond donors (Lipinski definition) is 0. The Bertz CT molecular complexity index is 409. The summed E-state index contributed by atoms with van der Waals surface area (Å²) in [5, 5.41) is 8.60. The highest BCUT2D eigenvalue weighted by atomic mass is 35.5. The van der Waals surface area contributed by atoms with E-state index in [1.54, 1.807) is 6.07 Å². The summed E-state index contributed by atoms with van der Waals surface area (Å²) in [5.41, 5.74) is 0.0445. The fraction of sp³-hybridized carbons (Fsp3) is 0.111. The zero-order valence-corrected chi connectivity index (χ0v) is 7.52. The molecule has 0 N–H and O–H groups in total. The monoisotopic (exact) mass is 197 g/mol. The molecule has 2 nitrogen and oxygen atoms in total. The van der Waals surface area contributed by atoms with Gasteiger partial charge in [0.1, 0.15) is 11.9 Å². The van der Waals surface area contributed by atoms with Crippen LogP contribution in [0.1, 0.15) is 22.8 Å². The standard InChI is InChI=1S/C9H5ClFNO/c1-5(13)7-2-6(11)3-9(10)8(7)4-12/h2-3H,1H3. The van der Waals surface area contributed by atoms with Gasteiger partial charge in [-0.3, -0.25) is 4.79 Å². The lowest BCUT2D eigenvalue weighted by molar-refractivity contribution is 0.101. The molecule has 0 atom stereocenters. The van der Waals surface area contributed by atoms with E-state index < -0.39 is 5.82 Å². The van der Waals surface area contributed by atoms with E-state index in [9.17, 15) is 9.18 Å². The highest BCUT2D eigenvalue weighted by molar-refractivity contribution is 6.32. The van der Waals surface area contributed by atoms with Crippen LogP contribution in [-0.2, 0) is 0 Å². The third-order valence-electron chi connectivity index (χ3n) is 1.55. The van der Waals surface area contributed by atoms with Crippen molar-refractivity contribution in [2.24, 2.45) is 0 Å². The zero-order valence-electron chi connectivity index (χ0n) is 6.77. The van der Waals surface area contributed by atoms with Gasteiger partial charge in [-0.2, -0.15) is 5.26 Å². The van der Waals surface area contributed by atoms with E-state index in [1.807, 2.05) is 0 Å². The molecule has 66 valence electrons. The molecule has 0 aromatic heterocycles. The van der Waals surface area contributed by atoms with Gasteiger partial charge >= 0.3 is 0 Å². The molecule has 0 aliphatic carbocycles. The molecule has 4 heteroatoms. The van der Waals surface area contributed by atoms with Crippen molar-refractivity contribution in [3.63, 3.8) is 0 Å². The van der Waals surface area contributed by atoms with Gasteiger partial charge in [-0.1, -0.05) is 11.6 Å². The summed E-state index contributed by atoms with van der Waals surface area (Å²) in [6.07, 6.45) is 0. The number of carbonyl (C=O) groups is 1. The Kier molecular flexibility index (Phi) is 2.64. The number of carbonyl (C=O) groups excluding carboxylic acids is 1. The molecule has 0 unspecified atom stereocenters. The Morgan fingerprint density at radius 3 is 2.69 bits per heavy atom. The van der Waals surface area contributed by atoms with Gasteiger partial charge < -0.3 is 0 Å². The van der Waals surface area contributed by atoms with Crippen molar-refractivity contribution < 1.29 is 9.18 Å². The largest absolute Gasteiger partial charge is 0.294 e. The summed E-state index contributed by atoms with van der Waals surface area (Å²) in [7, 11) is 0. The van der Waals surface area contributed by atoms with Crippen LogP contribution < -0.4 is 0 Å². The minimum absolute atomic E-state index is 0.0208. The van der Waals surface area contributed by atoms with Gasteiger partial charge in [0.2, 0.25) is 0 Å². The molecule has 0 spiro atoms. The maximum Gasteiger partial charge on any atom is 0.161 e. The topological polar surface area (TPSA) is 40.9 Å². The van der Waals surface area contributed by atoms with E-state index in [-0.39, 0.29) is 21.9 Å². The maximum atomic E-state index is 12.8. The first-order valence-corrected chi connectivity index (χ1v) is 3.84. The second-order valence-corrected chi connectivity index (χ2v) is 2.89. The van der Waals surface area contributed by atoms with E-state index in [4.69, 9.17) is 16.9 Å². The van der Waals surface area contributed by atoms with Crippen LogP contribution in [0.15, 0.2) is 12.1 Å².